The summed E-state index contributed by atoms with van der Waals surface area (Å²) in [7, 11) is 0. The Morgan fingerprint density at radius 2 is 2.04 bits per heavy atom. The fourth-order valence-electron chi connectivity index (χ4n) is 1.97. The van der Waals surface area contributed by atoms with Crippen LogP contribution in [0.25, 0.3) is 0 Å². The van der Waals surface area contributed by atoms with Gasteiger partial charge in [-0.05, 0) is 42.3 Å². The molecule has 0 aliphatic carbocycles. The molecule has 0 atom stereocenters. The molecule has 0 aliphatic rings. The lowest BCUT2D eigenvalue weighted by atomic mass is 10.2. The number of amides is 1. The largest absolute Gasteiger partial charge is 0.296 e. The van der Waals surface area contributed by atoms with Crippen LogP contribution in [-0.2, 0) is 12.2 Å². The highest BCUT2D eigenvalue weighted by Gasteiger charge is 2.09. The fraction of sp³-hybridized carbons (Fsp3) is 0.176. The number of rotatable bonds is 6. The van der Waals surface area contributed by atoms with E-state index < -0.39 is 0 Å². The van der Waals surface area contributed by atoms with Gasteiger partial charge in [-0.15, -0.1) is 22.0 Å². The zero-order valence-electron chi connectivity index (χ0n) is 13.1. The second-order valence-corrected chi connectivity index (χ2v) is 7.09. The average molecular weight is 356 g/mol. The Morgan fingerprint density at radius 3 is 2.71 bits per heavy atom. The number of carbonyl (C=O) groups excluding carboxylic acids is 1. The van der Waals surface area contributed by atoms with Crippen molar-refractivity contribution >= 4 is 34.1 Å². The number of benzene rings is 1. The minimum absolute atomic E-state index is 0.169. The highest BCUT2D eigenvalue weighted by Crippen LogP contribution is 2.23. The predicted molar refractivity (Wildman–Crippen MR) is 97.5 cm³/mol. The molecule has 0 saturated carbocycles. The smallest absolute Gasteiger partial charge is 0.257 e. The number of aromatic nitrogens is 3. The molecule has 1 N–H and O–H groups in total. The Morgan fingerprint density at radius 1 is 1.21 bits per heavy atom. The number of pyridine rings is 1. The lowest BCUT2D eigenvalue weighted by molar-refractivity contribution is 0.102. The monoisotopic (exact) mass is 356 g/mol. The molecular weight excluding hydrogens is 340 g/mol. The van der Waals surface area contributed by atoms with Gasteiger partial charge >= 0.3 is 0 Å². The normalized spacial score (nSPS) is 10.5. The number of nitrogens with zero attached hydrogens (tertiary/aromatic N) is 3. The van der Waals surface area contributed by atoms with Gasteiger partial charge in [0.05, 0.1) is 0 Å². The van der Waals surface area contributed by atoms with Gasteiger partial charge in [0, 0.05) is 28.6 Å². The molecule has 0 fully saturated rings. The topological polar surface area (TPSA) is 67.8 Å². The zero-order valence-corrected chi connectivity index (χ0v) is 14.7. The number of hydrogen-bond acceptors (Lipinski definition) is 6. The molecule has 0 bridgehead atoms. The summed E-state index contributed by atoms with van der Waals surface area (Å²) in [4.78, 5) is 17.4. The molecule has 2 heterocycles. The SMILES string of the molecule is CCc1nnc(NC(=O)c2ccc(SCc3cccnc3)cc2)s1. The first-order chi connectivity index (χ1) is 11.7. The summed E-state index contributed by atoms with van der Waals surface area (Å²) in [5.74, 6) is 0.682. The Hall–Kier alpha value is -2.25. The number of hydrogen-bond donors (Lipinski definition) is 1. The Kier molecular flexibility index (Phi) is 5.55. The van der Waals surface area contributed by atoms with E-state index in [0.29, 0.717) is 10.7 Å². The second kappa shape index (κ2) is 8.03. The van der Waals surface area contributed by atoms with E-state index >= 15 is 0 Å². The minimum Gasteiger partial charge on any atom is -0.296 e. The summed E-state index contributed by atoms with van der Waals surface area (Å²) in [6.07, 6.45) is 4.45. The zero-order chi connectivity index (χ0) is 16.8. The lowest BCUT2D eigenvalue weighted by Crippen LogP contribution is -2.11. The third-order valence-electron chi connectivity index (χ3n) is 3.23. The molecule has 2 aromatic heterocycles. The Bertz CT molecular complexity index is 803. The van der Waals surface area contributed by atoms with Gasteiger partial charge in [0.15, 0.2) is 0 Å². The molecule has 0 spiro atoms. The molecule has 0 saturated heterocycles. The van der Waals surface area contributed by atoms with Crippen LogP contribution in [0.15, 0.2) is 53.7 Å². The highest BCUT2D eigenvalue weighted by molar-refractivity contribution is 7.98. The molecule has 0 aliphatic heterocycles. The van der Waals surface area contributed by atoms with E-state index in [1.807, 2.05) is 43.5 Å². The van der Waals surface area contributed by atoms with Crippen molar-refractivity contribution in [1.29, 1.82) is 0 Å². The maximum atomic E-state index is 12.2. The third-order valence-corrected chi connectivity index (χ3v) is 5.30. The van der Waals surface area contributed by atoms with Crippen LogP contribution in [0.2, 0.25) is 0 Å². The van der Waals surface area contributed by atoms with Gasteiger partial charge in [0.2, 0.25) is 5.13 Å². The maximum Gasteiger partial charge on any atom is 0.257 e. The maximum absolute atomic E-state index is 12.2. The van der Waals surface area contributed by atoms with Crippen LogP contribution in [0.1, 0.15) is 27.9 Å². The van der Waals surface area contributed by atoms with Crippen molar-refractivity contribution in [3.63, 3.8) is 0 Å². The van der Waals surface area contributed by atoms with E-state index in [1.165, 1.54) is 16.9 Å². The molecule has 1 amide bonds. The molecular formula is C17H16N4OS2. The van der Waals surface area contributed by atoms with Crippen LogP contribution < -0.4 is 5.32 Å². The van der Waals surface area contributed by atoms with Crippen LogP contribution in [0.3, 0.4) is 0 Å². The Labute approximate surface area is 148 Å². The summed E-state index contributed by atoms with van der Waals surface area (Å²) in [6, 6.07) is 11.5. The van der Waals surface area contributed by atoms with Crippen LogP contribution >= 0.6 is 23.1 Å². The lowest BCUT2D eigenvalue weighted by Gasteiger charge is -2.04. The number of carbonyl (C=O) groups is 1. The van der Waals surface area contributed by atoms with Crippen molar-refractivity contribution in [2.45, 2.75) is 24.0 Å². The molecule has 0 unspecified atom stereocenters. The molecule has 3 aromatic rings. The minimum atomic E-state index is -0.169. The molecule has 5 nitrogen and oxygen atoms in total. The summed E-state index contributed by atoms with van der Waals surface area (Å²) < 4.78 is 0. The van der Waals surface area contributed by atoms with Gasteiger partial charge < -0.3 is 0 Å². The molecule has 0 radical (unpaired) electrons. The Balaban J connectivity index is 1.58. The molecule has 7 heteroatoms. The van der Waals surface area contributed by atoms with Crippen molar-refractivity contribution < 1.29 is 4.79 Å². The van der Waals surface area contributed by atoms with Crippen LogP contribution in [0.5, 0.6) is 0 Å². The van der Waals surface area contributed by atoms with E-state index in [9.17, 15) is 4.79 Å². The molecule has 122 valence electrons. The highest BCUT2D eigenvalue weighted by atomic mass is 32.2. The van der Waals surface area contributed by atoms with E-state index in [1.54, 1.807) is 18.0 Å². The predicted octanol–water partition coefficient (Wildman–Crippen LogP) is 4.04. The first-order valence-electron chi connectivity index (χ1n) is 7.50. The van der Waals surface area contributed by atoms with E-state index in [4.69, 9.17) is 0 Å². The standard InChI is InChI=1S/C17H16N4OS2/c1-2-15-20-21-17(24-15)19-16(22)13-5-7-14(8-6-13)23-11-12-4-3-9-18-10-12/h3-10H,2,11H2,1H3,(H,19,21,22). The van der Waals surface area contributed by atoms with Gasteiger partial charge in [-0.3, -0.25) is 15.1 Å². The van der Waals surface area contributed by atoms with Crippen molar-refractivity contribution in [2.24, 2.45) is 0 Å². The van der Waals surface area contributed by atoms with Gasteiger partial charge in [0.25, 0.3) is 5.91 Å². The first-order valence-corrected chi connectivity index (χ1v) is 9.30. The van der Waals surface area contributed by atoms with E-state index in [0.717, 1.165) is 22.1 Å². The molecule has 3 rings (SSSR count). The number of aryl methyl sites for hydroxylation is 1. The molecule has 24 heavy (non-hydrogen) atoms. The van der Waals surface area contributed by atoms with Gasteiger partial charge in [-0.1, -0.05) is 24.3 Å². The van der Waals surface area contributed by atoms with Crippen LogP contribution in [0, 0.1) is 0 Å². The summed E-state index contributed by atoms with van der Waals surface area (Å²) in [5, 5.41) is 12.2. The van der Waals surface area contributed by atoms with Gasteiger partial charge in [-0.2, -0.15) is 0 Å². The van der Waals surface area contributed by atoms with Gasteiger partial charge in [-0.25, -0.2) is 0 Å². The van der Waals surface area contributed by atoms with Crippen LogP contribution in [-0.4, -0.2) is 21.1 Å². The van der Waals surface area contributed by atoms with Crippen molar-refractivity contribution in [3.05, 3.63) is 64.9 Å². The first kappa shape index (κ1) is 16.6. The molecule has 1 aromatic carbocycles. The van der Waals surface area contributed by atoms with Crippen molar-refractivity contribution in [3.8, 4) is 0 Å². The number of thioether (sulfide) groups is 1. The van der Waals surface area contributed by atoms with Crippen molar-refractivity contribution in [2.75, 3.05) is 5.32 Å². The van der Waals surface area contributed by atoms with Crippen molar-refractivity contribution in [1.82, 2.24) is 15.2 Å². The number of nitrogens with one attached hydrogen (secondary N) is 1. The summed E-state index contributed by atoms with van der Waals surface area (Å²) in [6.45, 7) is 2.01. The average Bonchev–Trinajstić information content (AvgIpc) is 3.09. The van der Waals surface area contributed by atoms with E-state index in [-0.39, 0.29) is 5.91 Å². The quantitative estimate of drug-likeness (QED) is 0.675. The number of anilines is 1. The third kappa shape index (κ3) is 4.39. The summed E-state index contributed by atoms with van der Waals surface area (Å²) in [5.41, 5.74) is 1.78. The second-order valence-electron chi connectivity index (χ2n) is 4.98. The van der Waals surface area contributed by atoms with Gasteiger partial charge in [0.1, 0.15) is 5.01 Å². The van der Waals surface area contributed by atoms with Crippen LogP contribution in [0.4, 0.5) is 5.13 Å². The van der Waals surface area contributed by atoms with E-state index in [2.05, 4.69) is 26.6 Å². The summed E-state index contributed by atoms with van der Waals surface area (Å²) >= 11 is 3.11. The fourth-order valence-corrected chi connectivity index (χ4v) is 3.48.